The van der Waals surface area contributed by atoms with Gasteiger partial charge in [-0.25, -0.2) is 0 Å². The topological polar surface area (TPSA) is 91.5 Å². The monoisotopic (exact) mass is 397 g/mol. The summed E-state index contributed by atoms with van der Waals surface area (Å²) in [4.78, 5) is 32.3. The highest BCUT2D eigenvalue weighted by atomic mass is 16.2. The Morgan fingerprint density at radius 1 is 1.07 bits per heavy atom. The third-order valence-corrected chi connectivity index (χ3v) is 5.61. The summed E-state index contributed by atoms with van der Waals surface area (Å²) in [5.41, 5.74) is 6.37. The van der Waals surface area contributed by atoms with Crippen molar-refractivity contribution in [1.29, 1.82) is 0 Å². The van der Waals surface area contributed by atoms with Crippen LogP contribution >= 0.6 is 0 Å². The van der Waals surface area contributed by atoms with Gasteiger partial charge in [-0.15, -0.1) is 0 Å². The molecule has 0 aliphatic carbocycles. The highest BCUT2D eigenvalue weighted by Gasteiger charge is 2.36. The van der Waals surface area contributed by atoms with Gasteiger partial charge in [0, 0.05) is 40.3 Å². The summed E-state index contributed by atoms with van der Waals surface area (Å²) in [6.45, 7) is 8.95. The molecule has 8 heteroatoms. The fraction of sp³-hybridized carbons (Fsp3) is 0.524. The van der Waals surface area contributed by atoms with Gasteiger partial charge in [0.25, 0.3) is 0 Å². The lowest BCUT2D eigenvalue weighted by Gasteiger charge is -2.40. The zero-order valence-corrected chi connectivity index (χ0v) is 18.0. The number of benzene rings is 1. The number of anilines is 2. The molecule has 1 aromatic heterocycles. The predicted molar refractivity (Wildman–Crippen MR) is 115 cm³/mol. The summed E-state index contributed by atoms with van der Waals surface area (Å²) in [6, 6.07) is 9.96. The Morgan fingerprint density at radius 2 is 1.69 bits per heavy atom. The quantitative estimate of drug-likeness (QED) is 0.821. The van der Waals surface area contributed by atoms with Crippen LogP contribution < -0.4 is 10.6 Å². The minimum absolute atomic E-state index is 0.00149. The van der Waals surface area contributed by atoms with Crippen molar-refractivity contribution in [3.63, 3.8) is 0 Å². The Labute approximate surface area is 172 Å². The highest BCUT2D eigenvalue weighted by Crippen LogP contribution is 2.27. The first-order valence-electron chi connectivity index (χ1n) is 9.98. The molecule has 1 amide bonds. The summed E-state index contributed by atoms with van der Waals surface area (Å²) in [5, 5.41) is 0. The van der Waals surface area contributed by atoms with Gasteiger partial charge in [0.15, 0.2) is 5.82 Å². The number of amides is 1. The predicted octanol–water partition coefficient (Wildman–Crippen LogP) is 1.70. The lowest BCUT2D eigenvalue weighted by Crippen LogP contribution is -2.53. The van der Waals surface area contributed by atoms with E-state index in [0.717, 1.165) is 18.7 Å². The molecule has 1 fully saturated rings. The molecule has 3 rings (SSSR count). The molecule has 8 nitrogen and oxygen atoms in total. The van der Waals surface area contributed by atoms with Crippen LogP contribution in [0.15, 0.2) is 30.3 Å². The normalized spacial score (nSPS) is 16.5. The standard InChI is InChI=1S/C21H31N7O/c1-15(17-23-19(22)25-20(24-17)26(4)5)27-11-13-28(14-12-27)18(29)21(2,3)16-9-7-6-8-10-16/h6-10,15H,11-14H2,1-5H3,(H2,22,23,24,25)/t15-/m1/s1. The molecule has 0 bridgehead atoms. The molecule has 0 saturated carbocycles. The van der Waals surface area contributed by atoms with Crippen LogP contribution in [-0.4, -0.2) is 70.9 Å². The largest absolute Gasteiger partial charge is 0.368 e. The van der Waals surface area contributed by atoms with E-state index in [-0.39, 0.29) is 17.9 Å². The number of carbonyl (C=O) groups excluding carboxylic acids is 1. The Morgan fingerprint density at radius 3 is 2.28 bits per heavy atom. The molecule has 0 unspecified atom stereocenters. The van der Waals surface area contributed by atoms with Gasteiger partial charge in [-0.3, -0.25) is 9.69 Å². The molecule has 1 saturated heterocycles. The zero-order valence-electron chi connectivity index (χ0n) is 18.0. The smallest absolute Gasteiger partial charge is 0.232 e. The summed E-state index contributed by atoms with van der Waals surface area (Å²) in [5.74, 6) is 1.60. The molecular formula is C21H31N7O. The number of nitrogens with zero attached hydrogens (tertiary/aromatic N) is 6. The van der Waals surface area contributed by atoms with Crippen molar-refractivity contribution < 1.29 is 4.79 Å². The number of rotatable bonds is 5. The zero-order chi connectivity index (χ0) is 21.2. The third-order valence-electron chi connectivity index (χ3n) is 5.61. The molecular weight excluding hydrogens is 366 g/mol. The first-order chi connectivity index (χ1) is 13.7. The van der Waals surface area contributed by atoms with E-state index in [4.69, 9.17) is 5.73 Å². The molecule has 1 aromatic carbocycles. The molecule has 2 N–H and O–H groups in total. The number of nitrogens with two attached hydrogens (primary N) is 1. The van der Waals surface area contributed by atoms with E-state index in [1.54, 1.807) is 0 Å². The number of aromatic nitrogens is 3. The average molecular weight is 398 g/mol. The first kappa shape index (κ1) is 21.0. The van der Waals surface area contributed by atoms with E-state index in [1.165, 1.54) is 0 Å². The van der Waals surface area contributed by atoms with E-state index in [9.17, 15) is 4.79 Å². The summed E-state index contributed by atoms with van der Waals surface area (Å²) in [6.07, 6.45) is 0. The SMILES string of the molecule is C[C@H](c1nc(N)nc(N(C)C)n1)N1CCN(C(=O)C(C)(C)c2ccccc2)CC1. The van der Waals surface area contributed by atoms with Crippen molar-refractivity contribution >= 4 is 17.8 Å². The molecule has 156 valence electrons. The number of piperazine rings is 1. The summed E-state index contributed by atoms with van der Waals surface area (Å²) >= 11 is 0. The van der Waals surface area contributed by atoms with E-state index >= 15 is 0 Å². The van der Waals surface area contributed by atoms with Gasteiger partial charge < -0.3 is 15.5 Å². The second-order valence-corrected chi connectivity index (χ2v) is 8.24. The third kappa shape index (κ3) is 4.48. The van der Waals surface area contributed by atoms with E-state index in [0.29, 0.717) is 24.9 Å². The second-order valence-electron chi connectivity index (χ2n) is 8.24. The molecule has 0 spiro atoms. The molecule has 0 radical (unpaired) electrons. The fourth-order valence-corrected chi connectivity index (χ4v) is 3.63. The molecule has 1 aliphatic heterocycles. The van der Waals surface area contributed by atoms with Crippen LogP contribution in [-0.2, 0) is 10.2 Å². The summed E-state index contributed by atoms with van der Waals surface area (Å²) in [7, 11) is 3.75. The lowest BCUT2D eigenvalue weighted by molar-refractivity contribution is -0.138. The first-order valence-corrected chi connectivity index (χ1v) is 9.98. The lowest BCUT2D eigenvalue weighted by atomic mass is 9.83. The van der Waals surface area contributed by atoms with Crippen LogP contribution in [0.3, 0.4) is 0 Å². The maximum Gasteiger partial charge on any atom is 0.232 e. The molecule has 1 atom stereocenters. The van der Waals surface area contributed by atoms with Crippen LogP contribution in [0.4, 0.5) is 11.9 Å². The van der Waals surface area contributed by atoms with Crippen molar-refractivity contribution in [3.05, 3.63) is 41.7 Å². The van der Waals surface area contributed by atoms with Crippen LogP contribution in [0.5, 0.6) is 0 Å². The van der Waals surface area contributed by atoms with Crippen LogP contribution in [0.25, 0.3) is 0 Å². The van der Waals surface area contributed by atoms with Crippen molar-refractivity contribution in [2.75, 3.05) is 50.9 Å². The van der Waals surface area contributed by atoms with Gasteiger partial charge in [-0.05, 0) is 26.3 Å². The maximum atomic E-state index is 13.2. The van der Waals surface area contributed by atoms with Crippen molar-refractivity contribution in [1.82, 2.24) is 24.8 Å². The van der Waals surface area contributed by atoms with Crippen molar-refractivity contribution in [2.24, 2.45) is 0 Å². The van der Waals surface area contributed by atoms with E-state index in [1.807, 2.05) is 68.1 Å². The van der Waals surface area contributed by atoms with Crippen LogP contribution in [0.1, 0.15) is 38.2 Å². The average Bonchev–Trinajstić information content (AvgIpc) is 2.73. The van der Waals surface area contributed by atoms with E-state index < -0.39 is 5.41 Å². The minimum Gasteiger partial charge on any atom is -0.368 e. The Hall–Kier alpha value is -2.74. The van der Waals surface area contributed by atoms with Gasteiger partial charge in [0.05, 0.1) is 11.5 Å². The maximum absolute atomic E-state index is 13.2. The number of hydrogen-bond acceptors (Lipinski definition) is 7. The van der Waals surface area contributed by atoms with Gasteiger partial charge in [-0.2, -0.15) is 15.0 Å². The minimum atomic E-state index is -0.543. The van der Waals surface area contributed by atoms with Crippen molar-refractivity contribution in [2.45, 2.75) is 32.2 Å². The van der Waals surface area contributed by atoms with Gasteiger partial charge in [0.2, 0.25) is 17.8 Å². The fourth-order valence-electron chi connectivity index (χ4n) is 3.63. The number of carbonyl (C=O) groups is 1. The van der Waals surface area contributed by atoms with Gasteiger partial charge >= 0.3 is 0 Å². The number of nitrogen functional groups attached to an aromatic ring is 1. The highest BCUT2D eigenvalue weighted by molar-refractivity contribution is 5.87. The number of hydrogen-bond donors (Lipinski definition) is 1. The molecule has 29 heavy (non-hydrogen) atoms. The van der Waals surface area contributed by atoms with Crippen molar-refractivity contribution in [3.8, 4) is 0 Å². The molecule has 2 aromatic rings. The molecule has 1 aliphatic rings. The Bertz CT molecular complexity index is 845. The Kier molecular flexibility index (Phi) is 6.02. The van der Waals surface area contributed by atoms with E-state index in [2.05, 4.69) is 26.8 Å². The Balaban J connectivity index is 1.67. The second kappa shape index (κ2) is 8.32. The molecule has 2 heterocycles. The summed E-state index contributed by atoms with van der Waals surface area (Å²) < 4.78 is 0. The van der Waals surface area contributed by atoms with Crippen LogP contribution in [0, 0.1) is 0 Å². The van der Waals surface area contributed by atoms with Gasteiger partial charge in [-0.1, -0.05) is 30.3 Å². The van der Waals surface area contributed by atoms with Crippen LogP contribution in [0.2, 0.25) is 0 Å². The van der Waals surface area contributed by atoms with Gasteiger partial charge in [0.1, 0.15) is 0 Å².